The highest BCUT2D eigenvalue weighted by molar-refractivity contribution is 5.67. The summed E-state index contributed by atoms with van der Waals surface area (Å²) < 4.78 is 25.0. The Kier molecular flexibility index (Phi) is 4.01. The number of halogens is 2. The zero-order valence-electron chi connectivity index (χ0n) is 10.5. The predicted octanol–water partition coefficient (Wildman–Crippen LogP) is 2.71. The summed E-state index contributed by atoms with van der Waals surface area (Å²) >= 11 is 0. The largest absolute Gasteiger partial charge is 0.397 e. The lowest BCUT2D eigenvalue weighted by atomic mass is 10.1. The molecule has 2 rings (SSSR count). The van der Waals surface area contributed by atoms with Crippen molar-refractivity contribution >= 4 is 11.4 Å². The molecule has 1 aliphatic rings. The average molecular weight is 255 g/mol. The van der Waals surface area contributed by atoms with Gasteiger partial charge in [0, 0.05) is 18.2 Å². The fourth-order valence-electron chi connectivity index (χ4n) is 2.35. The quantitative estimate of drug-likeness (QED) is 0.816. The van der Waals surface area contributed by atoms with Gasteiger partial charge in [-0.15, -0.1) is 0 Å². The summed E-state index contributed by atoms with van der Waals surface area (Å²) in [6.07, 6.45) is -0.244. The topological polar surface area (TPSA) is 41.3 Å². The Morgan fingerprint density at radius 3 is 2.83 bits per heavy atom. The van der Waals surface area contributed by atoms with E-state index in [4.69, 9.17) is 5.73 Å². The van der Waals surface area contributed by atoms with Crippen LogP contribution in [-0.2, 0) is 0 Å². The van der Waals surface area contributed by atoms with E-state index in [2.05, 4.69) is 17.3 Å². The zero-order valence-corrected chi connectivity index (χ0v) is 10.5. The molecule has 1 aromatic rings. The van der Waals surface area contributed by atoms with E-state index in [-0.39, 0.29) is 5.56 Å². The number of benzene rings is 1. The predicted molar refractivity (Wildman–Crippen MR) is 70.0 cm³/mol. The van der Waals surface area contributed by atoms with Gasteiger partial charge >= 0.3 is 0 Å². The number of hydrogen-bond donors (Lipinski definition) is 2. The van der Waals surface area contributed by atoms with E-state index in [9.17, 15) is 8.78 Å². The number of anilines is 2. The summed E-state index contributed by atoms with van der Waals surface area (Å²) in [7, 11) is 2.08. The lowest BCUT2D eigenvalue weighted by Gasteiger charge is -2.31. The number of rotatable bonds is 3. The highest BCUT2D eigenvalue weighted by Crippen LogP contribution is 2.27. The zero-order chi connectivity index (χ0) is 13.1. The monoisotopic (exact) mass is 255 g/mol. The molecule has 1 aliphatic heterocycles. The van der Waals surface area contributed by atoms with Crippen LogP contribution >= 0.6 is 0 Å². The van der Waals surface area contributed by atoms with Crippen molar-refractivity contribution in [3.8, 4) is 0 Å². The number of nitrogens with two attached hydrogens (primary N) is 1. The molecule has 0 bridgehead atoms. The number of alkyl halides is 2. The summed E-state index contributed by atoms with van der Waals surface area (Å²) in [6.45, 7) is 2.06. The Morgan fingerprint density at radius 2 is 2.22 bits per heavy atom. The Bertz CT molecular complexity index is 409. The molecule has 1 fully saturated rings. The van der Waals surface area contributed by atoms with Gasteiger partial charge in [-0.1, -0.05) is 6.07 Å². The van der Waals surface area contributed by atoms with E-state index < -0.39 is 6.43 Å². The van der Waals surface area contributed by atoms with E-state index in [1.807, 2.05) is 0 Å². The number of nitrogen functional groups attached to an aromatic ring is 1. The molecule has 1 saturated heterocycles. The lowest BCUT2D eigenvalue weighted by Crippen LogP contribution is -2.39. The minimum atomic E-state index is -2.47. The van der Waals surface area contributed by atoms with Gasteiger partial charge in [0.05, 0.1) is 11.4 Å². The summed E-state index contributed by atoms with van der Waals surface area (Å²) in [5, 5.41) is 3.33. The van der Waals surface area contributed by atoms with Crippen LogP contribution in [0.1, 0.15) is 24.8 Å². The first-order chi connectivity index (χ1) is 8.56. The van der Waals surface area contributed by atoms with Crippen LogP contribution in [-0.4, -0.2) is 31.1 Å². The maximum atomic E-state index is 12.5. The molecule has 0 saturated carbocycles. The van der Waals surface area contributed by atoms with E-state index in [1.165, 1.54) is 12.1 Å². The number of likely N-dealkylation sites (N-methyl/N-ethyl adjacent to an activating group) is 1. The molecule has 0 radical (unpaired) electrons. The van der Waals surface area contributed by atoms with Gasteiger partial charge < -0.3 is 16.0 Å². The fraction of sp³-hybridized carbons (Fsp3) is 0.538. The number of nitrogens with zero attached hydrogens (tertiary/aromatic N) is 1. The molecule has 100 valence electrons. The molecule has 0 aromatic heterocycles. The third-order valence-electron chi connectivity index (χ3n) is 3.31. The number of hydrogen-bond acceptors (Lipinski definition) is 3. The van der Waals surface area contributed by atoms with Crippen LogP contribution in [0.25, 0.3) is 0 Å². The van der Waals surface area contributed by atoms with E-state index in [0.29, 0.717) is 11.7 Å². The van der Waals surface area contributed by atoms with Gasteiger partial charge in [-0.3, -0.25) is 0 Å². The molecule has 18 heavy (non-hydrogen) atoms. The van der Waals surface area contributed by atoms with Crippen molar-refractivity contribution in [2.45, 2.75) is 25.3 Å². The van der Waals surface area contributed by atoms with Gasteiger partial charge in [0.2, 0.25) is 0 Å². The van der Waals surface area contributed by atoms with Crippen molar-refractivity contribution in [3.05, 3.63) is 23.8 Å². The molecule has 0 amide bonds. The molecule has 5 heteroatoms. The smallest absolute Gasteiger partial charge is 0.263 e. The van der Waals surface area contributed by atoms with Crippen LogP contribution in [0.5, 0.6) is 0 Å². The first kappa shape index (κ1) is 13.1. The number of likely N-dealkylation sites (tertiary alicyclic amines) is 1. The van der Waals surface area contributed by atoms with Crippen LogP contribution in [0, 0.1) is 0 Å². The van der Waals surface area contributed by atoms with Crippen LogP contribution in [0.2, 0.25) is 0 Å². The third kappa shape index (κ3) is 3.10. The van der Waals surface area contributed by atoms with Crippen LogP contribution in [0.15, 0.2) is 18.2 Å². The van der Waals surface area contributed by atoms with E-state index in [0.717, 1.165) is 31.6 Å². The fourth-order valence-corrected chi connectivity index (χ4v) is 2.35. The van der Waals surface area contributed by atoms with Crippen molar-refractivity contribution in [1.29, 1.82) is 0 Å². The molecular weight excluding hydrogens is 236 g/mol. The van der Waals surface area contributed by atoms with E-state index >= 15 is 0 Å². The van der Waals surface area contributed by atoms with Gasteiger partial charge in [0.25, 0.3) is 6.43 Å². The van der Waals surface area contributed by atoms with Crippen LogP contribution in [0.4, 0.5) is 20.2 Å². The van der Waals surface area contributed by atoms with Gasteiger partial charge in [-0.2, -0.15) is 0 Å². The van der Waals surface area contributed by atoms with Gasteiger partial charge in [0.1, 0.15) is 0 Å². The molecule has 1 atom stereocenters. The number of nitrogens with one attached hydrogen (secondary N) is 1. The standard InChI is InChI=1S/C13H19F2N3/c1-18-6-2-3-10(8-18)17-12-5-4-9(13(14)15)7-11(12)16/h4-5,7,10,13,17H,2-3,6,8,16H2,1H3. The van der Waals surface area contributed by atoms with Gasteiger partial charge in [-0.25, -0.2) is 8.78 Å². The maximum Gasteiger partial charge on any atom is 0.263 e. The van der Waals surface area contributed by atoms with Gasteiger partial charge in [-0.05, 0) is 38.6 Å². The third-order valence-corrected chi connectivity index (χ3v) is 3.31. The Labute approximate surface area is 106 Å². The molecule has 1 heterocycles. The van der Waals surface area contributed by atoms with Gasteiger partial charge in [0.15, 0.2) is 0 Å². The second-order valence-corrected chi connectivity index (χ2v) is 4.89. The Balaban J connectivity index is 2.05. The molecule has 1 aromatic carbocycles. The van der Waals surface area contributed by atoms with Crippen LogP contribution < -0.4 is 11.1 Å². The normalized spacial score (nSPS) is 21.2. The average Bonchev–Trinajstić information content (AvgIpc) is 2.31. The SMILES string of the molecule is CN1CCCC(Nc2ccc(C(F)F)cc2N)C1. The summed E-state index contributed by atoms with van der Waals surface area (Å²) in [6, 6.07) is 4.75. The summed E-state index contributed by atoms with van der Waals surface area (Å²) in [5.74, 6) is 0. The van der Waals surface area contributed by atoms with Crippen molar-refractivity contribution in [2.24, 2.45) is 0 Å². The second kappa shape index (κ2) is 5.52. The summed E-state index contributed by atoms with van der Waals surface area (Å²) in [4.78, 5) is 2.25. The first-order valence-corrected chi connectivity index (χ1v) is 6.19. The summed E-state index contributed by atoms with van der Waals surface area (Å²) in [5.41, 5.74) is 6.91. The second-order valence-electron chi connectivity index (χ2n) is 4.89. The molecule has 3 nitrogen and oxygen atoms in total. The van der Waals surface area contributed by atoms with Crippen molar-refractivity contribution in [1.82, 2.24) is 4.90 Å². The van der Waals surface area contributed by atoms with Crippen molar-refractivity contribution in [2.75, 3.05) is 31.2 Å². The minimum Gasteiger partial charge on any atom is -0.397 e. The number of piperidine rings is 1. The Hall–Kier alpha value is -1.36. The van der Waals surface area contributed by atoms with Crippen molar-refractivity contribution in [3.63, 3.8) is 0 Å². The minimum absolute atomic E-state index is 0.0289. The van der Waals surface area contributed by atoms with Crippen LogP contribution in [0.3, 0.4) is 0 Å². The molecule has 3 N–H and O–H groups in total. The Morgan fingerprint density at radius 1 is 1.44 bits per heavy atom. The maximum absolute atomic E-state index is 12.5. The lowest BCUT2D eigenvalue weighted by molar-refractivity contribution is 0.151. The highest BCUT2D eigenvalue weighted by Gasteiger charge is 2.18. The van der Waals surface area contributed by atoms with E-state index in [1.54, 1.807) is 6.07 Å². The molecule has 0 aliphatic carbocycles. The highest BCUT2D eigenvalue weighted by atomic mass is 19.3. The molecule has 0 spiro atoms. The molecule has 1 unspecified atom stereocenters. The van der Waals surface area contributed by atoms with Crippen molar-refractivity contribution < 1.29 is 8.78 Å². The first-order valence-electron chi connectivity index (χ1n) is 6.19. The molecular formula is C13H19F2N3.